The van der Waals surface area contributed by atoms with Crippen LogP contribution in [0.3, 0.4) is 0 Å². The maximum atomic E-state index is 11.6. The highest BCUT2D eigenvalue weighted by Crippen LogP contribution is 2.37. The van der Waals surface area contributed by atoms with E-state index in [1.807, 2.05) is 4.98 Å². The number of aromatic nitrogens is 2. The molecule has 26 heavy (non-hydrogen) atoms. The minimum absolute atomic E-state index is 0.0460. The number of nitro groups is 1. The van der Waals surface area contributed by atoms with Crippen molar-refractivity contribution in [2.45, 2.75) is 0 Å². The van der Waals surface area contributed by atoms with Crippen LogP contribution in [0.1, 0.15) is 11.3 Å². The highest BCUT2D eigenvalue weighted by atomic mass is 79.9. The number of H-pyrrole nitrogens is 2. The Morgan fingerprint density at radius 2 is 2.08 bits per heavy atom. The molecule has 2 aromatic rings. The van der Waals surface area contributed by atoms with E-state index in [-0.39, 0.29) is 12.3 Å². The van der Waals surface area contributed by atoms with Crippen molar-refractivity contribution in [3.8, 4) is 23.8 Å². The SMILES string of the molecule is C#CCOc1c(Br)cc(/C=C/c2[nH]c(=O)[nH]c(=O)c2[N+](=O)[O-])cc1OC. The molecule has 0 amide bonds. The van der Waals surface area contributed by atoms with Gasteiger partial charge in [0.1, 0.15) is 12.3 Å². The lowest BCUT2D eigenvalue weighted by Gasteiger charge is -2.11. The summed E-state index contributed by atoms with van der Waals surface area (Å²) in [5, 5.41) is 11.0. The zero-order valence-corrected chi connectivity index (χ0v) is 15.0. The molecule has 0 aliphatic carbocycles. The van der Waals surface area contributed by atoms with E-state index in [0.29, 0.717) is 21.5 Å². The van der Waals surface area contributed by atoms with Gasteiger partial charge in [0.05, 0.1) is 16.5 Å². The minimum Gasteiger partial charge on any atom is -0.493 e. The summed E-state index contributed by atoms with van der Waals surface area (Å²) in [5.74, 6) is 3.12. The number of benzene rings is 1. The van der Waals surface area contributed by atoms with E-state index in [1.165, 1.54) is 19.3 Å². The molecule has 134 valence electrons. The van der Waals surface area contributed by atoms with Gasteiger partial charge >= 0.3 is 16.9 Å². The fourth-order valence-corrected chi connectivity index (χ4v) is 2.64. The van der Waals surface area contributed by atoms with Gasteiger partial charge in [-0.2, -0.15) is 0 Å². The number of hydrogen-bond acceptors (Lipinski definition) is 6. The van der Waals surface area contributed by atoms with Gasteiger partial charge in [-0.25, -0.2) is 4.79 Å². The third-order valence-corrected chi connectivity index (χ3v) is 3.71. The smallest absolute Gasteiger partial charge is 0.357 e. The van der Waals surface area contributed by atoms with Crippen LogP contribution in [0.2, 0.25) is 0 Å². The van der Waals surface area contributed by atoms with Crippen LogP contribution < -0.4 is 20.7 Å². The molecule has 2 rings (SSSR count). The van der Waals surface area contributed by atoms with Crippen LogP contribution in [0.4, 0.5) is 5.69 Å². The molecular weight excluding hydrogens is 410 g/mol. The third kappa shape index (κ3) is 4.20. The lowest BCUT2D eigenvalue weighted by Crippen LogP contribution is -2.25. The van der Waals surface area contributed by atoms with Crippen molar-refractivity contribution in [1.82, 2.24) is 9.97 Å². The summed E-state index contributed by atoms with van der Waals surface area (Å²) in [6.07, 6.45) is 7.88. The lowest BCUT2D eigenvalue weighted by atomic mass is 10.1. The lowest BCUT2D eigenvalue weighted by molar-refractivity contribution is -0.386. The standard InChI is InChI=1S/C16H12BrN3O6/c1-3-6-26-14-10(17)7-9(8-12(14)25-2)4-5-11-13(20(23)24)15(21)19-16(22)18-11/h1,4-5,7-8H,6H2,2H3,(H2,18,19,21,22)/b5-4+. The van der Waals surface area contributed by atoms with Crippen LogP contribution in [0.25, 0.3) is 12.2 Å². The predicted octanol–water partition coefficient (Wildman–Crippen LogP) is 1.92. The van der Waals surface area contributed by atoms with Gasteiger partial charge in [0.2, 0.25) is 0 Å². The molecule has 0 saturated carbocycles. The molecule has 2 N–H and O–H groups in total. The molecule has 0 fully saturated rings. The maximum absolute atomic E-state index is 11.6. The van der Waals surface area contributed by atoms with E-state index in [0.717, 1.165) is 0 Å². The number of halogens is 1. The number of rotatable bonds is 6. The molecule has 1 heterocycles. The van der Waals surface area contributed by atoms with E-state index in [4.69, 9.17) is 15.9 Å². The van der Waals surface area contributed by atoms with Crippen LogP contribution in [-0.2, 0) is 0 Å². The van der Waals surface area contributed by atoms with Gasteiger partial charge in [-0.05, 0) is 39.7 Å². The van der Waals surface area contributed by atoms with Crippen molar-refractivity contribution >= 4 is 33.8 Å². The Morgan fingerprint density at radius 1 is 1.35 bits per heavy atom. The van der Waals surface area contributed by atoms with Gasteiger partial charge in [-0.1, -0.05) is 12.0 Å². The highest BCUT2D eigenvalue weighted by molar-refractivity contribution is 9.10. The van der Waals surface area contributed by atoms with Crippen LogP contribution in [-0.4, -0.2) is 28.6 Å². The average molecular weight is 422 g/mol. The number of ether oxygens (including phenoxy) is 2. The van der Waals surface area contributed by atoms with E-state index in [9.17, 15) is 19.7 Å². The highest BCUT2D eigenvalue weighted by Gasteiger charge is 2.19. The van der Waals surface area contributed by atoms with Crippen LogP contribution >= 0.6 is 15.9 Å². The first-order valence-electron chi connectivity index (χ1n) is 7.00. The number of terminal acetylenes is 1. The Kier molecular flexibility index (Phi) is 5.98. The Labute approximate surface area is 154 Å². The largest absolute Gasteiger partial charge is 0.493 e. The molecule has 0 saturated heterocycles. The normalized spacial score (nSPS) is 10.5. The number of aromatic amines is 2. The predicted molar refractivity (Wildman–Crippen MR) is 98.3 cm³/mol. The Bertz CT molecular complexity index is 1030. The fraction of sp³-hybridized carbons (Fsp3) is 0.125. The second-order valence-electron chi connectivity index (χ2n) is 4.79. The molecule has 0 radical (unpaired) electrons. The monoisotopic (exact) mass is 421 g/mol. The molecule has 0 atom stereocenters. The summed E-state index contributed by atoms with van der Waals surface area (Å²) >= 11 is 3.33. The second kappa shape index (κ2) is 8.17. The van der Waals surface area contributed by atoms with E-state index in [1.54, 1.807) is 12.1 Å². The summed E-state index contributed by atoms with van der Waals surface area (Å²) in [7, 11) is 1.44. The van der Waals surface area contributed by atoms with Gasteiger partial charge in [-0.15, -0.1) is 6.42 Å². The van der Waals surface area contributed by atoms with Crippen LogP contribution in [0.15, 0.2) is 26.2 Å². The van der Waals surface area contributed by atoms with Crippen molar-refractivity contribution in [2.24, 2.45) is 0 Å². The maximum Gasteiger partial charge on any atom is 0.357 e. The zero-order valence-electron chi connectivity index (χ0n) is 13.4. The first-order chi connectivity index (χ1) is 12.4. The number of nitrogens with zero attached hydrogens (tertiary/aromatic N) is 1. The van der Waals surface area contributed by atoms with Gasteiger partial charge in [0.15, 0.2) is 11.5 Å². The molecule has 1 aromatic heterocycles. The quantitative estimate of drug-likeness (QED) is 0.416. The molecule has 0 spiro atoms. The van der Waals surface area contributed by atoms with Crippen LogP contribution in [0.5, 0.6) is 11.5 Å². The zero-order chi connectivity index (χ0) is 19.3. The van der Waals surface area contributed by atoms with Crippen molar-refractivity contribution in [3.63, 3.8) is 0 Å². The molecule has 0 aliphatic heterocycles. The van der Waals surface area contributed by atoms with E-state index in [2.05, 4.69) is 26.8 Å². The number of methoxy groups -OCH3 is 1. The van der Waals surface area contributed by atoms with Gasteiger partial charge in [-0.3, -0.25) is 19.9 Å². The molecule has 10 heteroatoms. The second-order valence-corrected chi connectivity index (χ2v) is 5.64. The van der Waals surface area contributed by atoms with Crippen molar-refractivity contribution in [2.75, 3.05) is 13.7 Å². The molecule has 0 aliphatic rings. The molecule has 1 aromatic carbocycles. The first-order valence-corrected chi connectivity index (χ1v) is 7.79. The summed E-state index contributed by atoms with van der Waals surface area (Å²) < 4.78 is 11.2. The van der Waals surface area contributed by atoms with E-state index < -0.39 is 21.9 Å². The number of nitrogens with one attached hydrogen (secondary N) is 2. The molecule has 0 bridgehead atoms. The van der Waals surface area contributed by atoms with Crippen molar-refractivity contribution < 1.29 is 14.4 Å². The third-order valence-electron chi connectivity index (χ3n) is 3.12. The minimum atomic E-state index is -1.09. The molecular formula is C16H12BrN3O6. The first kappa shape index (κ1) is 19.0. The van der Waals surface area contributed by atoms with Gasteiger partial charge in [0.25, 0.3) is 0 Å². The van der Waals surface area contributed by atoms with E-state index >= 15 is 0 Å². The summed E-state index contributed by atoms with van der Waals surface area (Å²) in [5.41, 5.74) is -2.36. The molecule has 9 nitrogen and oxygen atoms in total. The van der Waals surface area contributed by atoms with Crippen molar-refractivity contribution in [1.29, 1.82) is 0 Å². The summed E-state index contributed by atoms with van der Waals surface area (Å²) in [6.45, 7) is 0.0460. The fourth-order valence-electron chi connectivity index (χ4n) is 2.07. The Morgan fingerprint density at radius 3 is 2.69 bits per heavy atom. The van der Waals surface area contributed by atoms with Crippen LogP contribution in [0, 0.1) is 22.5 Å². The van der Waals surface area contributed by atoms with Crippen molar-refractivity contribution in [3.05, 3.63) is 58.8 Å². The average Bonchev–Trinajstić information content (AvgIpc) is 2.57. The Hall–Kier alpha value is -3.32. The summed E-state index contributed by atoms with van der Waals surface area (Å²) in [6, 6.07) is 3.26. The van der Waals surface area contributed by atoms with Gasteiger partial charge < -0.3 is 14.5 Å². The Balaban J connectivity index is 2.48. The topological polar surface area (TPSA) is 127 Å². The van der Waals surface area contributed by atoms with Gasteiger partial charge in [0, 0.05) is 0 Å². The summed E-state index contributed by atoms with van der Waals surface area (Å²) in [4.78, 5) is 37.2. The number of hydrogen-bond donors (Lipinski definition) is 2. The molecule has 0 unspecified atom stereocenters.